The zero-order chi connectivity index (χ0) is 22.4. The molecule has 2 amide bonds. The van der Waals surface area contributed by atoms with Gasteiger partial charge in [-0.3, -0.25) is 14.4 Å². The Bertz CT molecular complexity index is 701. The molecule has 7 nitrogen and oxygen atoms in total. The van der Waals surface area contributed by atoms with Gasteiger partial charge in [0, 0.05) is 24.3 Å². The van der Waals surface area contributed by atoms with Gasteiger partial charge in [-0.15, -0.1) is 17.5 Å². The lowest BCUT2D eigenvalue weighted by Crippen LogP contribution is -2.52. The first-order valence-electron chi connectivity index (χ1n) is 11.9. The van der Waals surface area contributed by atoms with Crippen LogP contribution in [0.25, 0.3) is 0 Å². The van der Waals surface area contributed by atoms with Crippen molar-refractivity contribution in [2.75, 3.05) is 12.8 Å². The van der Waals surface area contributed by atoms with Crippen LogP contribution >= 0.6 is 24.2 Å². The highest BCUT2D eigenvalue weighted by Crippen LogP contribution is 2.31. The maximum atomic E-state index is 13.1. The molecular weight excluding hydrogens is 448 g/mol. The Hall–Kier alpha value is -1.28. The van der Waals surface area contributed by atoms with Crippen LogP contribution in [0.3, 0.4) is 0 Å². The van der Waals surface area contributed by atoms with Gasteiger partial charge in [0.2, 0.25) is 11.7 Å². The fraction of sp³-hybridized carbons (Fsp3) is 0.826. The normalized spacial score (nSPS) is 24.3. The van der Waals surface area contributed by atoms with Crippen LogP contribution in [-0.4, -0.2) is 52.0 Å². The molecule has 32 heavy (non-hydrogen) atoms. The van der Waals surface area contributed by atoms with Gasteiger partial charge in [-0.25, -0.2) is 5.43 Å². The van der Waals surface area contributed by atoms with E-state index in [4.69, 9.17) is 0 Å². The van der Waals surface area contributed by atoms with E-state index in [9.17, 15) is 14.4 Å². The summed E-state index contributed by atoms with van der Waals surface area (Å²) >= 11 is 1.56. The number of Topliss-reactive ketones (excluding diaryl/α,β-unsaturated/α-hetero) is 1. The molecule has 0 radical (unpaired) electrons. The van der Waals surface area contributed by atoms with Crippen molar-refractivity contribution in [3.05, 3.63) is 0 Å². The van der Waals surface area contributed by atoms with Crippen LogP contribution in [0.1, 0.15) is 84.5 Å². The van der Waals surface area contributed by atoms with E-state index in [1.54, 1.807) is 11.8 Å². The Morgan fingerprint density at radius 2 is 1.56 bits per heavy atom. The highest BCUT2D eigenvalue weighted by atomic mass is 35.5. The average molecular weight is 487 g/mol. The topological polar surface area (TPSA) is 90.9 Å². The summed E-state index contributed by atoms with van der Waals surface area (Å²) in [6.07, 6.45) is 11.1. The van der Waals surface area contributed by atoms with Gasteiger partial charge in [-0.2, -0.15) is 0 Å². The predicted molar refractivity (Wildman–Crippen MR) is 132 cm³/mol. The Balaban J connectivity index is 0.00000363. The van der Waals surface area contributed by atoms with Gasteiger partial charge < -0.3 is 10.2 Å². The number of thioether (sulfide) groups is 1. The molecule has 0 spiro atoms. The first kappa shape index (κ1) is 27.0. The molecule has 2 aliphatic carbocycles. The van der Waals surface area contributed by atoms with Crippen molar-refractivity contribution < 1.29 is 14.4 Å². The second-order valence-corrected chi connectivity index (χ2v) is 10.9. The summed E-state index contributed by atoms with van der Waals surface area (Å²) < 4.78 is 0. The smallest absolute Gasteiger partial charge is 0.309 e. The summed E-state index contributed by atoms with van der Waals surface area (Å²) in [6.45, 7) is 4.22. The van der Waals surface area contributed by atoms with Gasteiger partial charge in [-0.05, 0) is 45.4 Å². The number of nitrogens with one attached hydrogen (secondary N) is 2. The molecular formula is C23H39ClN4O3S. The summed E-state index contributed by atoms with van der Waals surface area (Å²) in [7, 11) is 1.94. The summed E-state index contributed by atoms with van der Waals surface area (Å²) in [5, 5.41) is 7.90. The van der Waals surface area contributed by atoms with Crippen LogP contribution in [-0.2, 0) is 14.4 Å². The number of hydrazone groups is 1. The number of rotatable bonds is 6. The quantitative estimate of drug-likeness (QED) is 0.338. The highest BCUT2D eigenvalue weighted by Gasteiger charge is 2.37. The molecule has 0 aromatic carbocycles. The Morgan fingerprint density at radius 3 is 2.12 bits per heavy atom. The number of carbonyl (C=O) groups excluding carboxylic acids is 3. The zero-order valence-corrected chi connectivity index (χ0v) is 21.3. The number of halogens is 1. The molecule has 0 aromatic rings. The first-order valence-corrected chi connectivity index (χ1v) is 12.9. The van der Waals surface area contributed by atoms with Crippen LogP contribution in [0.5, 0.6) is 0 Å². The van der Waals surface area contributed by atoms with E-state index in [1.807, 2.05) is 11.9 Å². The van der Waals surface area contributed by atoms with Crippen molar-refractivity contribution in [3.8, 4) is 0 Å². The minimum Gasteiger partial charge on any atom is -0.347 e. The van der Waals surface area contributed by atoms with E-state index in [0.717, 1.165) is 63.5 Å². The van der Waals surface area contributed by atoms with Gasteiger partial charge in [0.1, 0.15) is 6.04 Å². The number of amidine groups is 1. The summed E-state index contributed by atoms with van der Waals surface area (Å²) in [4.78, 5) is 40.8. The van der Waals surface area contributed by atoms with Crippen molar-refractivity contribution in [2.24, 2.45) is 16.9 Å². The number of nitrogens with zero attached hydrogens (tertiary/aromatic N) is 2. The molecule has 2 N–H and O–H groups in total. The van der Waals surface area contributed by atoms with E-state index in [2.05, 4.69) is 29.7 Å². The molecule has 9 heteroatoms. The Labute approximate surface area is 202 Å². The molecule has 1 heterocycles. The molecule has 0 aromatic heterocycles. The molecule has 182 valence electrons. The highest BCUT2D eigenvalue weighted by molar-refractivity contribution is 8.14. The minimum atomic E-state index is -0.748. The van der Waals surface area contributed by atoms with E-state index in [0.29, 0.717) is 5.17 Å². The molecule has 1 atom stereocenters. The standard InChI is InChI=1S/C23H38N4O3S.ClH/c1-23(2)15-31-22(27(23)3)26-25-21(30)19(28)18(16-11-9-6-10-12-16)24-20(29)17-13-7-4-5-8-14-17;/h16-18H,4-15H2,1-3H3,(H,24,29)(H,25,30);1H. The van der Waals surface area contributed by atoms with Gasteiger partial charge in [0.05, 0.1) is 0 Å². The van der Waals surface area contributed by atoms with Crippen molar-refractivity contribution in [3.63, 3.8) is 0 Å². The maximum absolute atomic E-state index is 13.1. The molecule has 0 bridgehead atoms. The second kappa shape index (κ2) is 12.3. The number of carbonyl (C=O) groups is 3. The predicted octanol–water partition coefficient (Wildman–Crippen LogP) is 3.86. The molecule has 3 rings (SSSR count). The van der Waals surface area contributed by atoms with Crippen molar-refractivity contribution >= 4 is 46.9 Å². The molecule has 3 aliphatic rings. The van der Waals surface area contributed by atoms with Crippen LogP contribution in [0.4, 0.5) is 0 Å². The fourth-order valence-corrected chi connectivity index (χ4v) is 6.00. The van der Waals surface area contributed by atoms with Crippen LogP contribution in [0.2, 0.25) is 0 Å². The van der Waals surface area contributed by atoms with Crippen LogP contribution in [0, 0.1) is 11.8 Å². The maximum Gasteiger partial charge on any atom is 0.309 e. The van der Waals surface area contributed by atoms with E-state index in [-0.39, 0.29) is 35.7 Å². The van der Waals surface area contributed by atoms with Crippen LogP contribution < -0.4 is 10.7 Å². The first-order chi connectivity index (χ1) is 14.8. The number of hydrogen-bond acceptors (Lipinski definition) is 5. The van der Waals surface area contributed by atoms with Crippen molar-refractivity contribution in [1.82, 2.24) is 15.6 Å². The molecule has 1 unspecified atom stereocenters. The number of amides is 2. The Kier molecular flexibility index (Phi) is 10.3. The lowest BCUT2D eigenvalue weighted by Gasteiger charge is -2.30. The van der Waals surface area contributed by atoms with Crippen molar-refractivity contribution in [1.29, 1.82) is 0 Å². The summed E-state index contributed by atoms with van der Waals surface area (Å²) in [5.74, 6) is -0.509. The van der Waals surface area contributed by atoms with E-state index >= 15 is 0 Å². The SMILES string of the molecule is CN1C(=NNC(=O)C(=O)C(NC(=O)C2CCCCCC2)C2CCCCC2)SCC1(C)C.Cl. The molecule has 1 aliphatic heterocycles. The molecule has 2 saturated carbocycles. The lowest BCUT2D eigenvalue weighted by molar-refractivity contribution is -0.141. The minimum absolute atomic E-state index is 0. The van der Waals surface area contributed by atoms with Gasteiger partial charge >= 0.3 is 5.91 Å². The van der Waals surface area contributed by atoms with E-state index < -0.39 is 17.7 Å². The Morgan fingerprint density at radius 1 is 1.00 bits per heavy atom. The summed E-state index contributed by atoms with van der Waals surface area (Å²) in [5.41, 5.74) is 2.41. The van der Waals surface area contributed by atoms with E-state index in [1.165, 1.54) is 12.8 Å². The second-order valence-electron chi connectivity index (χ2n) is 9.93. The van der Waals surface area contributed by atoms with Crippen molar-refractivity contribution in [2.45, 2.75) is 96.1 Å². The zero-order valence-electron chi connectivity index (χ0n) is 19.7. The largest absolute Gasteiger partial charge is 0.347 e. The monoisotopic (exact) mass is 486 g/mol. The van der Waals surface area contributed by atoms with Gasteiger partial charge in [0.25, 0.3) is 0 Å². The third-order valence-electron chi connectivity index (χ3n) is 7.15. The van der Waals surface area contributed by atoms with Gasteiger partial charge in [-0.1, -0.05) is 56.7 Å². The third-order valence-corrected chi connectivity index (χ3v) is 8.63. The number of hydrogen-bond donors (Lipinski definition) is 2. The van der Waals surface area contributed by atoms with Crippen LogP contribution in [0.15, 0.2) is 5.10 Å². The molecule has 3 fully saturated rings. The molecule has 1 saturated heterocycles. The average Bonchev–Trinajstić information content (AvgIpc) is 2.96. The summed E-state index contributed by atoms with van der Waals surface area (Å²) in [6, 6.07) is -0.748. The van der Waals surface area contributed by atoms with Gasteiger partial charge in [0.15, 0.2) is 5.17 Å². The number of ketones is 1. The lowest BCUT2D eigenvalue weighted by atomic mass is 9.81. The fourth-order valence-electron chi connectivity index (χ4n) is 4.77. The third kappa shape index (κ3) is 6.86.